The molecule has 0 aliphatic carbocycles. The third kappa shape index (κ3) is 4.38. The maximum atomic E-state index is 2.44. The van der Waals surface area contributed by atoms with Crippen LogP contribution in [-0.4, -0.2) is 0 Å². The lowest BCUT2D eigenvalue weighted by molar-refractivity contribution is 1.30. The smallest absolute Gasteiger partial charge is 0.0540 e. The molecule has 0 aliphatic heterocycles. The van der Waals surface area contributed by atoms with Crippen molar-refractivity contribution in [3.63, 3.8) is 0 Å². The second-order valence-electron chi connectivity index (χ2n) is 11.7. The quantitative estimate of drug-likeness (QED) is 0.189. The van der Waals surface area contributed by atoms with Gasteiger partial charge in [0, 0.05) is 36.8 Å². The molecule has 0 saturated heterocycles. The van der Waals surface area contributed by atoms with Crippen LogP contribution in [0.15, 0.2) is 176 Å². The average molecular weight is 604 g/mol. The van der Waals surface area contributed by atoms with E-state index in [2.05, 4.69) is 181 Å². The number of nitrogens with zero attached hydrogens (tertiary/aromatic N) is 1. The first kappa shape index (κ1) is 26.7. The number of thiophene rings is 1. The fourth-order valence-electron chi connectivity index (χ4n) is 6.97. The number of anilines is 3. The van der Waals surface area contributed by atoms with Crippen LogP contribution in [0.3, 0.4) is 0 Å². The van der Waals surface area contributed by atoms with Gasteiger partial charge in [-0.05, 0) is 69.2 Å². The number of para-hydroxylation sites is 1. The molecule has 8 aromatic carbocycles. The van der Waals surface area contributed by atoms with Crippen molar-refractivity contribution in [3.8, 4) is 22.3 Å². The Morgan fingerprint density at radius 3 is 1.87 bits per heavy atom. The molecule has 0 unspecified atom stereocenters. The Kier molecular flexibility index (Phi) is 6.40. The van der Waals surface area contributed by atoms with Crippen molar-refractivity contribution < 1.29 is 0 Å². The second kappa shape index (κ2) is 11.0. The summed E-state index contributed by atoms with van der Waals surface area (Å²) in [6.45, 7) is 0. The van der Waals surface area contributed by atoms with Crippen LogP contribution < -0.4 is 4.90 Å². The Morgan fingerprint density at radius 2 is 0.978 bits per heavy atom. The fraction of sp³-hybridized carbons (Fsp3) is 0. The molecule has 0 fully saturated rings. The predicted molar refractivity (Wildman–Crippen MR) is 200 cm³/mol. The van der Waals surface area contributed by atoms with Gasteiger partial charge in [0.05, 0.1) is 11.4 Å². The molecule has 1 nitrogen and oxygen atoms in total. The Bertz CT molecular complexity index is 2520. The number of fused-ring (bicyclic) bond motifs is 6. The molecule has 0 spiro atoms. The first-order chi connectivity index (χ1) is 22.8. The molecular formula is C44H29NS. The summed E-state index contributed by atoms with van der Waals surface area (Å²) in [7, 11) is 0. The van der Waals surface area contributed by atoms with Crippen LogP contribution in [0.2, 0.25) is 0 Å². The van der Waals surface area contributed by atoms with Crippen molar-refractivity contribution in [1.29, 1.82) is 0 Å². The summed E-state index contributed by atoms with van der Waals surface area (Å²) < 4.78 is 2.65. The van der Waals surface area contributed by atoms with Crippen LogP contribution in [0.25, 0.3) is 64.0 Å². The van der Waals surface area contributed by atoms with Crippen molar-refractivity contribution in [2.24, 2.45) is 0 Å². The van der Waals surface area contributed by atoms with Gasteiger partial charge in [-0.15, -0.1) is 11.3 Å². The van der Waals surface area contributed by atoms with Crippen molar-refractivity contribution in [1.82, 2.24) is 0 Å². The van der Waals surface area contributed by atoms with Crippen LogP contribution in [0.4, 0.5) is 17.1 Å². The van der Waals surface area contributed by atoms with Gasteiger partial charge < -0.3 is 4.90 Å². The summed E-state index contributed by atoms with van der Waals surface area (Å²) in [5.74, 6) is 0. The van der Waals surface area contributed by atoms with E-state index in [9.17, 15) is 0 Å². The monoisotopic (exact) mass is 603 g/mol. The van der Waals surface area contributed by atoms with Crippen molar-refractivity contribution in [2.75, 3.05) is 4.90 Å². The minimum absolute atomic E-state index is 1.12. The van der Waals surface area contributed by atoms with Gasteiger partial charge in [0.1, 0.15) is 0 Å². The minimum atomic E-state index is 1.12. The van der Waals surface area contributed by atoms with Gasteiger partial charge in [0.15, 0.2) is 0 Å². The fourth-order valence-corrected chi connectivity index (χ4v) is 8.09. The van der Waals surface area contributed by atoms with E-state index in [-0.39, 0.29) is 0 Å². The molecule has 1 aromatic heterocycles. The van der Waals surface area contributed by atoms with Crippen LogP contribution in [0.5, 0.6) is 0 Å². The molecule has 9 rings (SSSR count). The first-order valence-electron chi connectivity index (χ1n) is 15.7. The van der Waals surface area contributed by atoms with Crippen LogP contribution in [0.1, 0.15) is 0 Å². The highest BCUT2D eigenvalue weighted by molar-refractivity contribution is 7.26. The Morgan fingerprint density at radius 1 is 0.348 bits per heavy atom. The van der Waals surface area contributed by atoms with Crippen LogP contribution >= 0.6 is 11.3 Å². The lowest BCUT2D eigenvalue weighted by Gasteiger charge is -2.29. The molecule has 0 N–H and O–H groups in total. The molecule has 0 saturated carbocycles. The summed E-state index contributed by atoms with van der Waals surface area (Å²) in [5, 5.41) is 7.70. The number of rotatable bonds is 5. The van der Waals surface area contributed by atoms with E-state index in [4.69, 9.17) is 0 Å². The Labute approximate surface area is 272 Å². The van der Waals surface area contributed by atoms with Crippen molar-refractivity contribution in [2.45, 2.75) is 0 Å². The van der Waals surface area contributed by atoms with Crippen molar-refractivity contribution >= 4 is 70.1 Å². The Hall–Kier alpha value is -5.70. The van der Waals surface area contributed by atoms with Gasteiger partial charge >= 0.3 is 0 Å². The third-order valence-corrected chi connectivity index (χ3v) is 10.2. The minimum Gasteiger partial charge on any atom is -0.309 e. The summed E-state index contributed by atoms with van der Waals surface area (Å²) >= 11 is 1.87. The zero-order valence-corrected chi connectivity index (χ0v) is 25.9. The van der Waals surface area contributed by atoms with Gasteiger partial charge in [0.25, 0.3) is 0 Å². The molecule has 46 heavy (non-hydrogen) atoms. The van der Waals surface area contributed by atoms with E-state index in [0.29, 0.717) is 0 Å². The first-order valence-corrected chi connectivity index (χ1v) is 16.5. The topological polar surface area (TPSA) is 3.24 Å². The largest absolute Gasteiger partial charge is 0.309 e. The maximum absolute atomic E-state index is 2.44. The Balaban J connectivity index is 1.28. The molecule has 0 atom stereocenters. The predicted octanol–water partition coefficient (Wildman–Crippen LogP) is 13.2. The van der Waals surface area contributed by atoms with Gasteiger partial charge in [-0.2, -0.15) is 0 Å². The van der Waals surface area contributed by atoms with E-state index in [1.807, 2.05) is 11.3 Å². The highest BCUT2D eigenvalue weighted by Gasteiger charge is 2.20. The second-order valence-corrected chi connectivity index (χ2v) is 12.8. The summed E-state index contributed by atoms with van der Waals surface area (Å²) in [6, 6.07) is 63.9. The van der Waals surface area contributed by atoms with Gasteiger partial charge in [-0.3, -0.25) is 0 Å². The highest BCUT2D eigenvalue weighted by atomic mass is 32.1. The molecule has 0 amide bonds. The summed E-state index contributed by atoms with van der Waals surface area (Å²) in [4.78, 5) is 2.44. The molecule has 0 bridgehead atoms. The standard InChI is InChI=1S/C44H29NS/c1-2-12-31(13-3-1)36-17-6-8-21-40(36)45(33-26-24-32(25-27-33)35-19-10-15-30-14-4-5-16-34(30)35)41-22-11-20-38-37(41)28-29-43-44(38)39-18-7-9-23-42(39)46-43/h1-29H. The summed E-state index contributed by atoms with van der Waals surface area (Å²) in [5.41, 5.74) is 8.28. The van der Waals surface area contributed by atoms with Crippen LogP contribution in [-0.2, 0) is 0 Å². The third-order valence-electron chi connectivity index (χ3n) is 9.07. The number of hydrogen-bond acceptors (Lipinski definition) is 2. The van der Waals surface area contributed by atoms with Crippen molar-refractivity contribution in [3.05, 3.63) is 176 Å². The zero-order valence-electron chi connectivity index (χ0n) is 25.1. The lowest BCUT2D eigenvalue weighted by Crippen LogP contribution is -2.11. The highest BCUT2D eigenvalue weighted by Crippen LogP contribution is 2.46. The zero-order chi connectivity index (χ0) is 30.5. The average Bonchev–Trinajstić information content (AvgIpc) is 3.52. The van der Waals surface area contributed by atoms with E-state index >= 15 is 0 Å². The van der Waals surface area contributed by atoms with Gasteiger partial charge in [0.2, 0.25) is 0 Å². The normalized spacial score (nSPS) is 11.5. The van der Waals surface area contributed by atoms with Gasteiger partial charge in [-0.25, -0.2) is 0 Å². The van der Waals surface area contributed by atoms with E-state index < -0.39 is 0 Å². The molecule has 0 radical (unpaired) electrons. The summed E-state index contributed by atoms with van der Waals surface area (Å²) in [6.07, 6.45) is 0. The molecule has 0 aliphatic rings. The molecule has 1 heterocycles. The maximum Gasteiger partial charge on any atom is 0.0540 e. The molecule has 9 aromatic rings. The van der Waals surface area contributed by atoms with E-state index in [1.54, 1.807) is 0 Å². The lowest BCUT2D eigenvalue weighted by atomic mass is 9.97. The molecular weight excluding hydrogens is 575 g/mol. The number of benzene rings is 8. The van der Waals surface area contributed by atoms with Crippen LogP contribution in [0, 0.1) is 0 Å². The van der Waals surface area contributed by atoms with E-state index in [1.165, 1.54) is 64.0 Å². The number of hydrogen-bond donors (Lipinski definition) is 0. The SMILES string of the molecule is c1ccc(-c2ccccc2N(c2ccc(-c3cccc4ccccc34)cc2)c2cccc3c2ccc2sc4ccccc4c23)cc1. The molecule has 2 heteroatoms. The van der Waals surface area contributed by atoms with E-state index in [0.717, 1.165) is 17.1 Å². The molecule has 216 valence electrons. The van der Waals surface area contributed by atoms with Gasteiger partial charge in [-0.1, -0.05) is 140 Å².